The number of hydrogen-bond acceptors (Lipinski definition) is 15. The van der Waals surface area contributed by atoms with E-state index in [0.717, 1.165) is 27.9 Å². The number of benzene rings is 1. The maximum Gasteiger partial charge on any atom is 0.431 e. The van der Waals surface area contributed by atoms with Gasteiger partial charge < -0.3 is 43.6 Å². The van der Waals surface area contributed by atoms with Gasteiger partial charge in [-0.05, 0) is 38.5 Å². The summed E-state index contributed by atoms with van der Waals surface area (Å²) in [5, 5.41) is 12.2. The number of aliphatic hydroxyl groups is 1. The number of esters is 4. The predicted octanol–water partition coefficient (Wildman–Crippen LogP) is 0.437. The van der Waals surface area contributed by atoms with Gasteiger partial charge in [0.05, 0.1) is 25.9 Å². The Morgan fingerprint density at radius 2 is 1.51 bits per heavy atom. The number of hydrogen-bond donors (Lipinski definition) is 3. The normalized spacial score (nSPS) is 21.0. The van der Waals surface area contributed by atoms with E-state index in [1.54, 1.807) is 20.8 Å². The molecular weight excluding hydrogens is 604 g/mol. The lowest BCUT2D eigenvalue weighted by atomic mass is 9.97. The molecular formula is C28H38N2O15. The number of amides is 2. The Hall–Kier alpha value is -4.48. The van der Waals surface area contributed by atoms with Crippen LogP contribution in [0, 0.1) is 0 Å². The zero-order valence-electron chi connectivity index (χ0n) is 25.9. The third kappa shape index (κ3) is 11.5. The molecule has 1 fully saturated rings. The first-order chi connectivity index (χ1) is 21.1. The maximum atomic E-state index is 13.2. The summed E-state index contributed by atoms with van der Waals surface area (Å²) in [6.45, 7) is 7.43. The van der Waals surface area contributed by atoms with Gasteiger partial charge >= 0.3 is 30.0 Å². The Labute approximate surface area is 258 Å². The number of ether oxygens (including phenoxy) is 7. The van der Waals surface area contributed by atoms with E-state index in [-0.39, 0.29) is 24.5 Å². The average Bonchev–Trinajstić information content (AvgIpc) is 2.93. The zero-order valence-corrected chi connectivity index (χ0v) is 25.9. The molecule has 1 aliphatic heterocycles. The number of methoxy groups -OCH3 is 1. The van der Waals surface area contributed by atoms with E-state index in [2.05, 4.69) is 10.8 Å². The van der Waals surface area contributed by atoms with Gasteiger partial charge in [-0.2, -0.15) is 5.48 Å². The molecule has 0 bridgehead atoms. The summed E-state index contributed by atoms with van der Waals surface area (Å²) >= 11 is 0. The highest BCUT2D eigenvalue weighted by molar-refractivity contribution is 5.97. The Balaban J connectivity index is 2.36. The van der Waals surface area contributed by atoms with Crippen LogP contribution in [0.1, 0.15) is 57.5 Å². The largest absolute Gasteiger partial charge is 0.467 e. The number of carbonyl (C=O) groups is 6. The Kier molecular flexibility index (Phi) is 13.5. The van der Waals surface area contributed by atoms with Crippen LogP contribution in [0.3, 0.4) is 0 Å². The fraction of sp³-hybridized carbons (Fsp3) is 0.571. The van der Waals surface area contributed by atoms with Crippen molar-refractivity contribution in [3.8, 4) is 5.75 Å². The van der Waals surface area contributed by atoms with E-state index in [9.17, 15) is 33.9 Å². The topological polar surface area (TPSA) is 221 Å². The fourth-order valence-electron chi connectivity index (χ4n) is 3.98. The average molecular weight is 643 g/mol. The zero-order chi connectivity index (χ0) is 33.9. The summed E-state index contributed by atoms with van der Waals surface area (Å²) in [5.41, 5.74) is 1.51. The second kappa shape index (κ2) is 16.6. The summed E-state index contributed by atoms with van der Waals surface area (Å²) in [5.74, 6) is -4.56. The van der Waals surface area contributed by atoms with Gasteiger partial charge in [0.1, 0.15) is 11.4 Å². The summed E-state index contributed by atoms with van der Waals surface area (Å²) < 4.78 is 37.4. The van der Waals surface area contributed by atoms with Crippen LogP contribution in [0.15, 0.2) is 18.2 Å². The van der Waals surface area contributed by atoms with E-state index >= 15 is 0 Å². The number of nitrogens with one attached hydrogen (secondary N) is 2. The molecule has 0 radical (unpaired) electrons. The van der Waals surface area contributed by atoms with E-state index in [0.29, 0.717) is 5.56 Å². The van der Waals surface area contributed by atoms with Gasteiger partial charge in [0.2, 0.25) is 12.4 Å². The molecule has 2 rings (SSSR count). The molecule has 17 heteroatoms. The molecule has 1 saturated heterocycles. The van der Waals surface area contributed by atoms with Gasteiger partial charge in [0, 0.05) is 27.3 Å². The van der Waals surface area contributed by atoms with Gasteiger partial charge in [-0.3, -0.25) is 24.0 Å². The van der Waals surface area contributed by atoms with Crippen molar-refractivity contribution >= 4 is 35.9 Å². The summed E-state index contributed by atoms with van der Waals surface area (Å²) in [4.78, 5) is 78.5. The Morgan fingerprint density at radius 1 is 0.911 bits per heavy atom. The standard InChI is InChI=1S/C28H38N2O15/c1-14(32)40-20-21(41-15(2)33)23(42-16(3)34)26(44-22(20)25(36)38-7)43-19-9-8-17(13-31)12-18(19)24(35)29-10-11-39-30-27(37)45-28(4,5)6/h8-9,12,20-23,26,31H,10-11,13H2,1-7H3,(H,29,35)(H,30,37)/t20-,21-,22-,23+,26+/m0/s1. The first-order valence-corrected chi connectivity index (χ1v) is 13.6. The van der Waals surface area contributed by atoms with Gasteiger partial charge in [-0.1, -0.05) is 6.07 Å². The third-order valence-corrected chi connectivity index (χ3v) is 5.59. The van der Waals surface area contributed by atoms with Crippen molar-refractivity contribution in [3.63, 3.8) is 0 Å². The third-order valence-electron chi connectivity index (χ3n) is 5.59. The van der Waals surface area contributed by atoms with Crippen molar-refractivity contribution in [1.82, 2.24) is 10.8 Å². The molecule has 3 N–H and O–H groups in total. The quantitative estimate of drug-likeness (QED) is 0.122. The molecule has 1 aliphatic rings. The van der Waals surface area contributed by atoms with Crippen LogP contribution in [0.5, 0.6) is 5.75 Å². The minimum Gasteiger partial charge on any atom is -0.467 e. The van der Waals surface area contributed by atoms with E-state index in [1.807, 2.05) is 0 Å². The van der Waals surface area contributed by atoms with Crippen LogP contribution < -0.4 is 15.5 Å². The summed E-state index contributed by atoms with van der Waals surface area (Å²) in [7, 11) is 1.04. The van der Waals surface area contributed by atoms with Crippen LogP contribution in [0.4, 0.5) is 4.79 Å². The molecule has 0 aromatic heterocycles. The van der Waals surface area contributed by atoms with Crippen molar-refractivity contribution in [1.29, 1.82) is 0 Å². The fourth-order valence-corrected chi connectivity index (χ4v) is 3.98. The molecule has 0 saturated carbocycles. The minimum absolute atomic E-state index is 0.101. The second-order valence-corrected chi connectivity index (χ2v) is 10.5. The number of hydroxylamine groups is 1. The molecule has 45 heavy (non-hydrogen) atoms. The van der Waals surface area contributed by atoms with E-state index in [1.165, 1.54) is 18.2 Å². The lowest BCUT2D eigenvalue weighted by Crippen LogP contribution is -2.64. The van der Waals surface area contributed by atoms with E-state index in [4.69, 9.17) is 38.0 Å². The van der Waals surface area contributed by atoms with Crippen LogP contribution in [0.2, 0.25) is 0 Å². The molecule has 0 spiro atoms. The van der Waals surface area contributed by atoms with Crippen molar-refractivity contribution in [3.05, 3.63) is 29.3 Å². The maximum absolute atomic E-state index is 13.2. The van der Waals surface area contributed by atoms with Crippen molar-refractivity contribution in [2.75, 3.05) is 20.3 Å². The van der Waals surface area contributed by atoms with Gasteiger partial charge in [-0.15, -0.1) is 0 Å². The van der Waals surface area contributed by atoms with Gasteiger partial charge in [-0.25, -0.2) is 9.59 Å². The number of rotatable bonds is 12. The molecule has 5 atom stereocenters. The molecule has 17 nitrogen and oxygen atoms in total. The Bertz CT molecular complexity index is 1240. The lowest BCUT2D eigenvalue weighted by Gasteiger charge is -2.43. The highest BCUT2D eigenvalue weighted by atomic mass is 16.7. The van der Waals surface area contributed by atoms with Crippen molar-refractivity contribution in [2.45, 2.75) is 84.5 Å². The van der Waals surface area contributed by atoms with Crippen LogP contribution in [0.25, 0.3) is 0 Å². The molecule has 1 aromatic carbocycles. The minimum atomic E-state index is -1.72. The summed E-state index contributed by atoms with van der Waals surface area (Å²) in [6.07, 6.45) is -9.11. The SMILES string of the molecule is COC(=O)[C@H]1O[C@@H](Oc2ccc(CO)cc2C(=O)NCCONC(=O)OC(C)(C)C)[C@H](OC(C)=O)[C@@H](OC(C)=O)[C@@H]1OC(C)=O. The lowest BCUT2D eigenvalue weighted by molar-refractivity contribution is -0.282. The molecule has 0 aliphatic carbocycles. The van der Waals surface area contributed by atoms with E-state index < -0.39 is 78.8 Å². The highest BCUT2D eigenvalue weighted by Crippen LogP contribution is 2.32. The predicted molar refractivity (Wildman–Crippen MR) is 148 cm³/mol. The smallest absolute Gasteiger partial charge is 0.431 e. The van der Waals surface area contributed by atoms with Crippen LogP contribution >= 0.6 is 0 Å². The highest BCUT2D eigenvalue weighted by Gasteiger charge is 2.56. The molecule has 1 heterocycles. The van der Waals surface area contributed by atoms with Gasteiger partial charge in [0.25, 0.3) is 5.91 Å². The molecule has 250 valence electrons. The number of carbonyl (C=O) groups excluding carboxylic acids is 6. The second-order valence-electron chi connectivity index (χ2n) is 10.5. The number of aliphatic hydroxyl groups excluding tert-OH is 1. The first-order valence-electron chi connectivity index (χ1n) is 13.6. The first kappa shape index (κ1) is 36.7. The molecule has 1 aromatic rings. The monoisotopic (exact) mass is 642 g/mol. The van der Waals surface area contributed by atoms with Crippen LogP contribution in [-0.2, 0) is 59.0 Å². The van der Waals surface area contributed by atoms with Crippen molar-refractivity contribution < 1.29 is 71.9 Å². The van der Waals surface area contributed by atoms with Gasteiger partial charge in [0.15, 0.2) is 18.3 Å². The molecule has 0 unspecified atom stereocenters. The summed E-state index contributed by atoms with van der Waals surface area (Å²) in [6, 6.07) is 4.03. The van der Waals surface area contributed by atoms with Crippen LogP contribution in [-0.4, -0.2) is 97.6 Å². The Morgan fingerprint density at radius 3 is 2.07 bits per heavy atom. The molecule has 2 amide bonds. The van der Waals surface area contributed by atoms with Crippen molar-refractivity contribution in [2.24, 2.45) is 0 Å².